The van der Waals surface area contributed by atoms with E-state index in [0.717, 1.165) is 33.3 Å². The molecule has 0 aliphatic rings. The van der Waals surface area contributed by atoms with Gasteiger partial charge in [0, 0.05) is 10.4 Å². The minimum atomic E-state index is -4.29. The maximum Gasteiger partial charge on any atom is 0.416 e. The summed E-state index contributed by atoms with van der Waals surface area (Å²) in [6, 6.07) is 5.15. The second-order valence-corrected chi connectivity index (χ2v) is 5.89. The second-order valence-electron chi connectivity index (χ2n) is 4.69. The average Bonchev–Trinajstić information content (AvgIpc) is 2.82. The van der Waals surface area contributed by atoms with E-state index in [1.54, 1.807) is 0 Å². The van der Waals surface area contributed by atoms with E-state index in [1.165, 1.54) is 23.5 Å². The molecule has 0 bridgehead atoms. The summed E-state index contributed by atoms with van der Waals surface area (Å²) >= 11 is 1.52. The first-order valence-electron chi connectivity index (χ1n) is 6.23. The molecule has 0 atom stereocenters. The number of thiazole rings is 1. The zero-order valence-electron chi connectivity index (χ0n) is 12.0. The summed E-state index contributed by atoms with van der Waals surface area (Å²) < 4.78 is 37.4. The van der Waals surface area contributed by atoms with Crippen LogP contribution in [0.3, 0.4) is 0 Å². The van der Waals surface area contributed by atoms with Crippen LogP contribution in [0.1, 0.15) is 35.9 Å². The van der Waals surface area contributed by atoms with E-state index in [4.69, 9.17) is 4.79 Å². The Morgan fingerprint density at radius 3 is 2.05 bits per heavy atom. The van der Waals surface area contributed by atoms with Gasteiger partial charge in [-0.1, -0.05) is 26.0 Å². The summed E-state index contributed by atoms with van der Waals surface area (Å²) in [7, 11) is 0. The molecule has 0 spiro atoms. The molecule has 0 fully saturated rings. The Balaban J connectivity index is 0.00000106. The van der Waals surface area contributed by atoms with Crippen LogP contribution in [0.5, 0.6) is 0 Å². The number of aromatic nitrogens is 1. The predicted molar refractivity (Wildman–Crippen MR) is 78.5 cm³/mol. The number of hydrogen-bond acceptors (Lipinski definition) is 3. The molecule has 0 radical (unpaired) electrons. The third-order valence-electron chi connectivity index (χ3n) is 2.84. The minimum Gasteiger partial charge on any atom is -0.307 e. The Morgan fingerprint density at radius 2 is 1.67 bits per heavy atom. The summed E-state index contributed by atoms with van der Waals surface area (Å²) in [6.07, 6.45) is -4.29. The van der Waals surface area contributed by atoms with Gasteiger partial charge in [-0.3, -0.25) is 0 Å². The number of halogens is 3. The number of nitrogens with zero attached hydrogens (tertiary/aromatic N) is 1. The molecule has 1 aromatic heterocycles. The van der Waals surface area contributed by atoms with E-state index in [0.29, 0.717) is 5.92 Å². The van der Waals surface area contributed by atoms with Crippen molar-refractivity contribution in [3.05, 3.63) is 40.4 Å². The van der Waals surface area contributed by atoms with Gasteiger partial charge in [0.15, 0.2) is 0 Å². The van der Waals surface area contributed by atoms with Crippen LogP contribution in [0.15, 0.2) is 24.3 Å². The number of carbonyl (C=O) groups excluding carboxylic acids is 1. The van der Waals surface area contributed by atoms with Crippen LogP contribution < -0.4 is 0 Å². The molecule has 2 rings (SSSR count). The first-order valence-corrected chi connectivity index (χ1v) is 7.04. The van der Waals surface area contributed by atoms with E-state index in [-0.39, 0.29) is 0 Å². The van der Waals surface area contributed by atoms with Crippen LogP contribution in [-0.4, -0.2) is 11.8 Å². The fourth-order valence-corrected chi connectivity index (χ4v) is 2.94. The Labute approximate surface area is 125 Å². The van der Waals surface area contributed by atoms with Crippen LogP contribution >= 0.6 is 11.3 Å². The molecule has 1 aromatic carbocycles. The highest BCUT2D eigenvalue weighted by atomic mass is 32.1. The lowest BCUT2D eigenvalue weighted by Crippen LogP contribution is -2.03. The van der Waals surface area contributed by atoms with Crippen molar-refractivity contribution in [2.45, 2.75) is 32.9 Å². The number of rotatable bonds is 2. The number of aryl methyl sites for hydroxylation is 1. The minimum absolute atomic E-state index is 0.319. The first-order chi connectivity index (χ1) is 9.79. The van der Waals surface area contributed by atoms with Crippen LogP contribution in [0.25, 0.3) is 10.6 Å². The maximum absolute atomic E-state index is 12.5. The normalized spacial score (nSPS) is 11.2. The van der Waals surface area contributed by atoms with Crippen molar-refractivity contribution in [1.29, 1.82) is 0 Å². The molecular weight excluding hydrogens is 299 g/mol. The zero-order chi connectivity index (χ0) is 16.2. The molecule has 1 heterocycles. The standard InChI is InChI=1S/C14H14F3NS.CH2O/c1-8(2)12-9(3)19-13(18-12)10-4-6-11(7-5-10)14(15,16)17;1-2/h4-8H,1-3H3;1H2. The Bertz CT molecular complexity index is 588. The number of alkyl halides is 3. The van der Waals surface area contributed by atoms with Gasteiger partial charge in [0.05, 0.1) is 11.3 Å². The molecule has 0 amide bonds. The fourth-order valence-electron chi connectivity index (χ4n) is 1.87. The summed E-state index contributed by atoms with van der Waals surface area (Å²) in [4.78, 5) is 13.6. The maximum atomic E-state index is 12.5. The molecule has 0 unspecified atom stereocenters. The highest BCUT2D eigenvalue weighted by Crippen LogP contribution is 2.34. The van der Waals surface area contributed by atoms with Crippen LogP contribution in [0.2, 0.25) is 0 Å². The molecule has 0 aliphatic carbocycles. The van der Waals surface area contributed by atoms with E-state index >= 15 is 0 Å². The highest BCUT2D eigenvalue weighted by molar-refractivity contribution is 7.15. The highest BCUT2D eigenvalue weighted by Gasteiger charge is 2.30. The molecule has 0 saturated heterocycles. The predicted octanol–water partition coefficient (Wildman–Crippen LogP) is 5.08. The van der Waals surface area contributed by atoms with Crippen molar-refractivity contribution in [3.63, 3.8) is 0 Å². The smallest absolute Gasteiger partial charge is 0.307 e. The molecule has 0 saturated carbocycles. The lowest BCUT2D eigenvalue weighted by Gasteiger charge is -2.06. The summed E-state index contributed by atoms with van der Waals surface area (Å²) in [6.45, 7) is 8.09. The van der Waals surface area contributed by atoms with E-state index in [2.05, 4.69) is 18.8 Å². The number of carbonyl (C=O) groups is 1. The van der Waals surface area contributed by atoms with Crippen LogP contribution in [-0.2, 0) is 11.0 Å². The second kappa shape index (κ2) is 6.85. The lowest BCUT2D eigenvalue weighted by molar-refractivity contribution is -0.137. The molecule has 0 N–H and O–H groups in total. The van der Waals surface area contributed by atoms with Crippen LogP contribution in [0.4, 0.5) is 13.2 Å². The van der Waals surface area contributed by atoms with Gasteiger partial charge < -0.3 is 4.79 Å². The fraction of sp³-hybridized carbons (Fsp3) is 0.333. The largest absolute Gasteiger partial charge is 0.416 e. The number of benzene rings is 1. The van der Waals surface area contributed by atoms with Crippen molar-refractivity contribution in [2.24, 2.45) is 0 Å². The van der Waals surface area contributed by atoms with E-state index < -0.39 is 11.7 Å². The van der Waals surface area contributed by atoms with Crippen molar-refractivity contribution < 1.29 is 18.0 Å². The van der Waals surface area contributed by atoms with Gasteiger partial charge in [0.25, 0.3) is 0 Å². The first kappa shape index (κ1) is 17.4. The Hall–Kier alpha value is -1.69. The van der Waals surface area contributed by atoms with E-state index in [9.17, 15) is 13.2 Å². The molecule has 0 aliphatic heterocycles. The van der Waals surface area contributed by atoms with E-state index in [1.807, 2.05) is 13.7 Å². The van der Waals surface area contributed by atoms with Crippen molar-refractivity contribution >= 4 is 18.1 Å². The van der Waals surface area contributed by atoms with Gasteiger partial charge in [0.1, 0.15) is 11.8 Å². The third-order valence-corrected chi connectivity index (χ3v) is 3.87. The van der Waals surface area contributed by atoms with Gasteiger partial charge in [-0.05, 0) is 25.0 Å². The quantitative estimate of drug-likeness (QED) is 0.774. The third kappa shape index (κ3) is 4.14. The lowest BCUT2D eigenvalue weighted by atomic mass is 10.1. The van der Waals surface area contributed by atoms with Crippen molar-refractivity contribution in [1.82, 2.24) is 4.98 Å². The van der Waals surface area contributed by atoms with Gasteiger partial charge >= 0.3 is 6.18 Å². The molecule has 2 nitrogen and oxygen atoms in total. The molecule has 6 heteroatoms. The van der Waals surface area contributed by atoms with Gasteiger partial charge in [-0.15, -0.1) is 11.3 Å². The van der Waals surface area contributed by atoms with Gasteiger partial charge in [-0.25, -0.2) is 4.98 Å². The Morgan fingerprint density at radius 1 is 1.14 bits per heavy atom. The van der Waals surface area contributed by atoms with Gasteiger partial charge in [-0.2, -0.15) is 13.2 Å². The molecular formula is C15H16F3NOS. The van der Waals surface area contributed by atoms with Crippen molar-refractivity contribution in [3.8, 4) is 10.6 Å². The van der Waals surface area contributed by atoms with Gasteiger partial charge in [0.2, 0.25) is 0 Å². The van der Waals surface area contributed by atoms with Crippen LogP contribution in [0, 0.1) is 6.92 Å². The summed E-state index contributed by atoms with van der Waals surface area (Å²) in [5, 5.41) is 0.773. The zero-order valence-corrected chi connectivity index (χ0v) is 12.8. The SMILES string of the molecule is C=O.Cc1sc(-c2ccc(C(F)(F)F)cc2)nc1C(C)C. The molecule has 114 valence electrons. The average molecular weight is 315 g/mol. The number of hydrogen-bond donors (Lipinski definition) is 0. The molecule has 2 aromatic rings. The summed E-state index contributed by atoms with van der Waals surface area (Å²) in [5.74, 6) is 0.319. The molecule has 21 heavy (non-hydrogen) atoms. The summed E-state index contributed by atoms with van der Waals surface area (Å²) in [5.41, 5.74) is 1.11. The Kier molecular flexibility index (Phi) is 5.66. The topological polar surface area (TPSA) is 30.0 Å². The van der Waals surface area contributed by atoms with Crippen molar-refractivity contribution in [2.75, 3.05) is 0 Å². The monoisotopic (exact) mass is 315 g/mol.